The van der Waals surface area contributed by atoms with E-state index in [0.29, 0.717) is 25.3 Å². The first-order valence-corrected chi connectivity index (χ1v) is 7.37. The summed E-state index contributed by atoms with van der Waals surface area (Å²) >= 11 is 6.11. The van der Waals surface area contributed by atoms with E-state index < -0.39 is 0 Å². The van der Waals surface area contributed by atoms with Crippen LogP contribution in [0.25, 0.3) is 0 Å². The highest BCUT2D eigenvalue weighted by molar-refractivity contribution is 6.33. The monoisotopic (exact) mass is 313 g/mol. The number of aromatic nitrogens is 2. The van der Waals surface area contributed by atoms with Crippen LogP contribution in [0.5, 0.6) is 0 Å². The topological polar surface area (TPSA) is 93.2 Å². The largest absolute Gasteiger partial charge is 0.368 e. The number of nitrogens with zero attached hydrogens (tertiary/aromatic N) is 3. The first kappa shape index (κ1) is 15.8. The molecule has 1 saturated heterocycles. The number of amides is 1. The molecule has 0 spiro atoms. The van der Waals surface area contributed by atoms with E-state index in [9.17, 15) is 9.59 Å². The second-order valence-electron chi connectivity index (χ2n) is 5.14. The number of nitrogens with one attached hydrogen (secondary N) is 1. The maximum absolute atomic E-state index is 12.0. The van der Waals surface area contributed by atoms with Crippen molar-refractivity contribution in [3.8, 4) is 0 Å². The third-order valence-electron chi connectivity index (χ3n) is 3.64. The Morgan fingerprint density at radius 3 is 3.10 bits per heavy atom. The Kier molecular flexibility index (Phi) is 5.19. The molecule has 1 aromatic rings. The van der Waals surface area contributed by atoms with Crippen molar-refractivity contribution in [1.82, 2.24) is 15.1 Å². The molecule has 1 fully saturated rings. The summed E-state index contributed by atoms with van der Waals surface area (Å²) in [5, 5.41) is 6.95. The van der Waals surface area contributed by atoms with Crippen LogP contribution in [0, 0.1) is 5.92 Å². The number of carbonyl (C=O) groups excluding carboxylic acids is 1. The Balaban J connectivity index is 2.13. The van der Waals surface area contributed by atoms with Crippen LogP contribution in [0.3, 0.4) is 0 Å². The van der Waals surface area contributed by atoms with Gasteiger partial charge in [-0.25, -0.2) is 4.68 Å². The molecular weight excluding hydrogens is 294 g/mol. The lowest BCUT2D eigenvalue weighted by Crippen LogP contribution is -2.44. The van der Waals surface area contributed by atoms with Crippen molar-refractivity contribution in [2.45, 2.75) is 12.8 Å². The fourth-order valence-corrected chi connectivity index (χ4v) is 2.76. The Labute approximate surface area is 128 Å². The molecule has 0 radical (unpaired) electrons. The molecule has 1 aromatic heterocycles. The summed E-state index contributed by atoms with van der Waals surface area (Å²) in [5.41, 5.74) is 5.65. The number of hydrogen-bond acceptors (Lipinski definition) is 5. The van der Waals surface area contributed by atoms with Gasteiger partial charge in [0, 0.05) is 33.2 Å². The molecule has 1 amide bonds. The molecule has 0 aromatic carbocycles. The number of aryl methyl sites for hydroxylation is 1. The van der Waals surface area contributed by atoms with Crippen molar-refractivity contribution in [3.63, 3.8) is 0 Å². The van der Waals surface area contributed by atoms with Gasteiger partial charge >= 0.3 is 0 Å². The third-order valence-corrected chi connectivity index (χ3v) is 3.99. The molecule has 1 aliphatic rings. The first-order chi connectivity index (χ1) is 10.0. The molecule has 2 rings (SSSR count). The molecule has 8 heteroatoms. The van der Waals surface area contributed by atoms with Crippen molar-refractivity contribution in [2.24, 2.45) is 18.7 Å². The van der Waals surface area contributed by atoms with Crippen LogP contribution in [-0.2, 0) is 11.8 Å². The normalized spacial score (nSPS) is 18.6. The standard InChI is InChI=1S/C13H20ClN5O2/c1-18-13(21)11(14)10(7-17-18)19-6-2-3-9(8-19)12(20)16-5-4-15/h7,9H,2-6,8,15H2,1H3,(H,16,20). The van der Waals surface area contributed by atoms with E-state index in [1.807, 2.05) is 4.90 Å². The lowest BCUT2D eigenvalue weighted by molar-refractivity contribution is -0.125. The lowest BCUT2D eigenvalue weighted by atomic mass is 9.97. The molecule has 21 heavy (non-hydrogen) atoms. The molecule has 0 aliphatic carbocycles. The first-order valence-electron chi connectivity index (χ1n) is 6.99. The zero-order valence-corrected chi connectivity index (χ0v) is 12.8. The van der Waals surface area contributed by atoms with Crippen LogP contribution < -0.4 is 21.5 Å². The van der Waals surface area contributed by atoms with Crippen LogP contribution in [0.15, 0.2) is 11.0 Å². The summed E-state index contributed by atoms with van der Waals surface area (Å²) in [5.74, 6) is -0.122. The number of carbonyl (C=O) groups is 1. The minimum atomic E-state index is -0.330. The van der Waals surface area contributed by atoms with Crippen LogP contribution >= 0.6 is 11.6 Å². The third kappa shape index (κ3) is 3.54. The fraction of sp³-hybridized carbons (Fsp3) is 0.615. The van der Waals surface area contributed by atoms with Crippen molar-refractivity contribution < 1.29 is 4.79 Å². The molecule has 0 saturated carbocycles. The lowest BCUT2D eigenvalue weighted by Gasteiger charge is -2.33. The molecule has 1 unspecified atom stereocenters. The minimum Gasteiger partial charge on any atom is -0.368 e. The Bertz CT molecular complexity index is 574. The van der Waals surface area contributed by atoms with E-state index in [-0.39, 0.29) is 22.4 Å². The molecule has 116 valence electrons. The molecule has 0 bridgehead atoms. The predicted octanol–water partition coefficient (Wildman–Crippen LogP) is -0.275. The maximum atomic E-state index is 12.0. The molecule has 2 heterocycles. The summed E-state index contributed by atoms with van der Waals surface area (Å²) in [4.78, 5) is 25.8. The smallest absolute Gasteiger partial charge is 0.287 e. The van der Waals surface area contributed by atoms with Crippen LogP contribution in [0.4, 0.5) is 5.69 Å². The SMILES string of the molecule is Cn1ncc(N2CCCC(C(=O)NCCN)C2)c(Cl)c1=O. The minimum absolute atomic E-state index is 0.00179. The van der Waals surface area contributed by atoms with Gasteiger partial charge in [0.1, 0.15) is 5.02 Å². The van der Waals surface area contributed by atoms with E-state index in [1.165, 1.54) is 4.68 Å². The quantitative estimate of drug-likeness (QED) is 0.798. The van der Waals surface area contributed by atoms with Gasteiger partial charge in [-0.15, -0.1) is 0 Å². The molecular formula is C13H20ClN5O2. The van der Waals surface area contributed by atoms with Gasteiger partial charge in [0.05, 0.1) is 17.8 Å². The second kappa shape index (κ2) is 6.91. The maximum Gasteiger partial charge on any atom is 0.287 e. The van der Waals surface area contributed by atoms with E-state index in [0.717, 1.165) is 19.4 Å². The van der Waals surface area contributed by atoms with Crippen molar-refractivity contribution in [3.05, 3.63) is 21.6 Å². The van der Waals surface area contributed by atoms with E-state index >= 15 is 0 Å². The Morgan fingerprint density at radius 1 is 1.62 bits per heavy atom. The number of nitrogens with two attached hydrogens (primary N) is 1. The zero-order valence-electron chi connectivity index (χ0n) is 12.0. The summed E-state index contributed by atoms with van der Waals surface area (Å²) in [7, 11) is 1.55. The van der Waals surface area contributed by atoms with Gasteiger partial charge in [0.15, 0.2) is 0 Å². The average molecular weight is 314 g/mol. The Morgan fingerprint density at radius 2 is 2.38 bits per heavy atom. The van der Waals surface area contributed by atoms with Gasteiger partial charge in [0.2, 0.25) is 5.91 Å². The number of piperidine rings is 1. The summed E-state index contributed by atoms with van der Waals surface area (Å²) in [6, 6.07) is 0. The second-order valence-corrected chi connectivity index (χ2v) is 5.52. The highest BCUT2D eigenvalue weighted by Crippen LogP contribution is 2.26. The van der Waals surface area contributed by atoms with Crippen LogP contribution in [-0.4, -0.2) is 41.9 Å². The highest BCUT2D eigenvalue weighted by atomic mass is 35.5. The number of halogens is 1. The van der Waals surface area contributed by atoms with Gasteiger partial charge < -0.3 is 16.0 Å². The van der Waals surface area contributed by atoms with Gasteiger partial charge in [-0.1, -0.05) is 11.6 Å². The number of anilines is 1. The predicted molar refractivity (Wildman–Crippen MR) is 81.5 cm³/mol. The highest BCUT2D eigenvalue weighted by Gasteiger charge is 2.27. The van der Waals surface area contributed by atoms with Gasteiger partial charge in [-0.2, -0.15) is 5.10 Å². The zero-order chi connectivity index (χ0) is 15.4. The molecule has 7 nitrogen and oxygen atoms in total. The van der Waals surface area contributed by atoms with Gasteiger partial charge in [-0.05, 0) is 12.8 Å². The summed E-state index contributed by atoms with van der Waals surface area (Å²) in [6.07, 6.45) is 3.26. The van der Waals surface area contributed by atoms with Gasteiger partial charge in [0.25, 0.3) is 5.56 Å². The molecule has 3 N–H and O–H groups in total. The van der Waals surface area contributed by atoms with E-state index in [1.54, 1.807) is 13.2 Å². The van der Waals surface area contributed by atoms with E-state index in [4.69, 9.17) is 17.3 Å². The van der Waals surface area contributed by atoms with Crippen molar-refractivity contribution in [2.75, 3.05) is 31.1 Å². The summed E-state index contributed by atoms with van der Waals surface area (Å²) < 4.78 is 1.20. The fourth-order valence-electron chi connectivity index (χ4n) is 2.47. The van der Waals surface area contributed by atoms with Crippen LogP contribution in [0.1, 0.15) is 12.8 Å². The van der Waals surface area contributed by atoms with E-state index in [2.05, 4.69) is 10.4 Å². The van der Waals surface area contributed by atoms with Crippen molar-refractivity contribution in [1.29, 1.82) is 0 Å². The number of rotatable bonds is 4. The van der Waals surface area contributed by atoms with Gasteiger partial charge in [-0.3, -0.25) is 9.59 Å². The average Bonchev–Trinajstić information content (AvgIpc) is 2.50. The number of hydrogen-bond donors (Lipinski definition) is 2. The Hall–Kier alpha value is -1.60. The summed E-state index contributed by atoms with van der Waals surface area (Å²) in [6.45, 7) is 2.19. The van der Waals surface area contributed by atoms with Crippen molar-refractivity contribution >= 4 is 23.2 Å². The van der Waals surface area contributed by atoms with Crippen LogP contribution in [0.2, 0.25) is 5.02 Å². The molecule has 1 atom stereocenters. The molecule has 1 aliphatic heterocycles.